The number of halogens is 2. The molecule has 1 N–H and O–H groups in total. The van der Waals surface area contributed by atoms with Gasteiger partial charge in [0, 0.05) is 32.4 Å². The number of rotatable bonds is 4. The zero-order valence-corrected chi connectivity index (χ0v) is 17.9. The maximum Gasteiger partial charge on any atom is 0.322 e. The molecule has 0 bridgehead atoms. The fourth-order valence-corrected chi connectivity index (χ4v) is 3.91. The van der Waals surface area contributed by atoms with E-state index in [-0.39, 0.29) is 18.6 Å². The Morgan fingerprint density at radius 3 is 2.66 bits per heavy atom. The van der Waals surface area contributed by atoms with Crippen LogP contribution in [0.15, 0.2) is 42.6 Å². The summed E-state index contributed by atoms with van der Waals surface area (Å²) in [5.41, 5.74) is 4.26. The second-order valence-electron chi connectivity index (χ2n) is 7.94. The van der Waals surface area contributed by atoms with Gasteiger partial charge in [-0.1, -0.05) is 18.2 Å². The first kappa shape index (κ1) is 21.7. The number of benzene rings is 1. The highest BCUT2D eigenvalue weighted by Crippen LogP contribution is 2.25. The Bertz CT molecular complexity index is 1040. The predicted octanol–water partition coefficient (Wildman–Crippen LogP) is 3.88. The van der Waals surface area contributed by atoms with Gasteiger partial charge >= 0.3 is 12.1 Å². The molecule has 0 radical (unpaired) electrons. The number of carbonyl (C=O) groups excluding carboxylic acids is 2. The first-order valence-electron chi connectivity index (χ1n) is 10.5. The molecule has 4 rings (SSSR count). The lowest BCUT2D eigenvalue weighted by atomic mass is 9.99. The van der Waals surface area contributed by atoms with Crippen LogP contribution < -0.4 is 5.32 Å². The molecular formula is C23H25F2N5O2. The summed E-state index contributed by atoms with van der Waals surface area (Å²) in [6, 6.07) is 8.52. The van der Waals surface area contributed by atoms with Crippen molar-refractivity contribution in [3.05, 3.63) is 65.2 Å². The molecule has 32 heavy (non-hydrogen) atoms. The van der Waals surface area contributed by atoms with Gasteiger partial charge in [0.15, 0.2) is 0 Å². The predicted molar refractivity (Wildman–Crippen MR) is 117 cm³/mol. The number of carbonyl (C=O) groups is 2. The number of aromatic nitrogens is 1. The van der Waals surface area contributed by atoms with E-state index < -0.39 is 12.5 Å². The molecule has 0 aliphatic carbocycles. The number of nitrogens with one attached hydrogen (secondary N) is 1. The molecule has 2 aromatic rings. The number of hydrogen-bond acceptors (Lipinski definition) is 3. The van der Waals surface area contributed by atoms with Crippen molar-refractivity contribution in [2.75, 3.05) is 38.7 Å². The maximum absolute atomic E-state index is 13.3. The molecule has 0 unspecified atom stereocenters. The van der Waals surface area contributed by atoms with E-state index in [9.17, 15) is 18.4 Å². The lowest BCUT2D eigenvalue weighted by molar-refractivity contribution is 0.164. The topological polar surface area (TPSA) is 68.8 Å². The minimum absolute atomic E-state index is 0.0933. The summed E-state index contributed by atoms with van der Waals surface area (Å²) in [6.45, 7) is 1.27. The molecule has 0 saturated carbocycles. The molecule has 9 heteroatoms. The molecule has 168 valence electrons. The minimum atomic E-state index is -0.555. The third-order valence-electron chi connectivity index (χ3n) is 5.75. The number of alkyl halides is 1. The average molecular weight is 441 g/mol. The van der Waals surface area contributed by atoms with Crippen LogP contribution in [0.4, 0.5) is 24.1 Å². The molecule has 0 atom stereocenters. The highest BCUT2D eigenvalue weighted by Gasteiger charge is 2.25. The number of fused-ring (bicyclic) bond motifs is 1. The van der Waals surface area contributed by atoms with Crippen LogP contribution in [0.25, 0.3) is 5.57 Å². The van der Waals surface area contributed by atoms with Crippen molar-refractivity contribution in [1.29, 1.82) is 0 Å². The van der Waals surface area contributed by atoms with Crippen molar-refractivity contribution < 1.29 is 18.4 Å². The summed E-state index contributed by atoms with van der Waals surface area (Å²) in [6.07, 6.45) is 3.87. The van der Waals surface area contributed by atoms with Crippen LogP contribution in [0.3, 0.4) is 0 Å². The molecule has 3 heterocycles. The van der Waals surface area contributed by atoms with Gasteiger partial charge in [-0.05, 0) is 41.3 Å². The Kier molecular flexibility index (Phi) is 6.34. The maximum atomic E-state index is 13.3. The van der Waals surface area contributed by atoms with Crippen LogP contribution in [0.5, 0.6) is 0 Å². The summed E-state index contributed by atoms with van der Waals surface area (Å²) in [7, 11) is 1.60. The highest BCUT2D eigenvalue weighted by atomic mass is 19.1. The zero-order chi connectivity index (χ0) is 22.7. The number of amides is 4. The normalized spacial score (nSPS) is 15.3. The van der Waals surface area contributed by atoms with E-state index in [4.69, 9.17) is 0 Å². The van der Waals surface area contributed by atoms with Gasteiger partial charge in [0.1, 0.15) is 12.5 Å². The largest absolute Gasteiger partial charge is 0.325 e. The first-order valence-corrected chi connectivity index (χ1v) is 10.5. The lowest BCUT2D eigenvalue weighted by Crippen LogP contribution is -2.43. The minimum Gasteiger partial charge on any atom is -0.325 e. The van der Waals surface area contributed by atoms with Crippen molar-refractivity contribution in [3.8, 4) is 0 Å². The Hall–Kier alpha value is -3.49. The van der Waals surface area contributed by atoms with Gasteiger partial charge in [0.05, 0.1) is 25.0 Å². The average Bonchev–Trinajstić information content (AvgIpc) is 3.23. The van der Waals surface area contributed by atoms with Gasteiger partial charge in [-0.3, -0.25) is 4.98 Å². The second kappa shape index (κ2) is 9.33. The van der Waals surface area contributed by atoms with E-state index in [1.807, 2.05) is 30.3 Å². The van der Waals surface area contributed by atoms with Crippen LogP contribution in [0.2, 0.25) is 0 Å². The van der Waals surface area contributed by atoms with Crippen LogP contribution in [0, 0.1) is 5.82 Å². The molecule has 0 spiro atoms. The fourth-order valence-electron chi connectivity index (χ4n) is 3.91. The lowest BCUT2D eigenvalue weighted by Gasteiger charge is -2.30. The third-order valence-corrected chi connectivity index (χ3v) is 5.75. The van der Waals surface area contributed by atoms with Crippen LogP contribution in [-0.2, 0) is 13.1 Å². The molecule has 4 amide bonds. The van der Waals surface area contributed by atoms with Crippen molar-refractivity contribution in [2.45, 2.75) is 19.5 Å². The molecule has 0 fully saturated rings. The van der Waals surface area contributed by atoms with Gasteiger partial charge < -0.3 is 20.0 Å². The molecule has 1 aromatic carbocycles. The van der Waals surface area contributed by atoms with Crippen LogP contribution in [0.1, 0.15) is 23.2 Å². The summed E-state index contributed by atoms with van der Waals surface area (Å²) in [4.78, 5) is 33.6. The van der Waals surface area contributed by atoms with Crippen molar-refractivity contribution in [1.82, 2.24) is 19.7 Å². The summed E-state index contributed by atoms with van der Waals surface area (Å²) in [5.74, 6) is -0.405. The van der Waals surface area contributed by atoms with E-state index in [2.05, 4.69) is 10.3 Å². The standard InChI is InChI=1S/C23H25F2N5O2/c1-28(11-8-24)23(32)29-9-6-17(7-10-29)16-2-4-20(5-3-16)27-22(31)30-14-18-12-19(25)13-26-21(18)15-30/h2-6,12-13H,7-11,14-15H2,1H3,(H,27,31). The number of anilines is 1. The van der Waals surface area contributed by atoms with E-state index in [1.54, 1.807) is 16.8 Å². The van der Waals surface area contributed by atoms with Crippen molar-refractivity contribution in [3.63, 3.8) is 0 Å². The Morgan fingerprint density at radius 1 is 1.19 bits per heavy atom. The molecule has 0 saturated heterocycles. The van der Waals surface area contributed by atoms with E-state index in [1.165, 1.54) is 11.0 Å². The Morgan fingerprint density at radius 2 is 1.97 bits per heavy atom. The van der Waals surface area contributed by atoms with Gasteiger partial charge in [0.2, 0.25) is 0 Å². The Balaban J connectivity index is 1.33. The molecular weight excluding hydrogens is 416 g/mol. The van der Waals surface area contributed by atoms with E-state index in [0.717, 1.165) is 22.9 Å². The first-order chi connectivity index (χ1) is 15.4. The molecule has 7 nitrogen and oxygen atoms in total. The monoisotopic (exact) mass is 441 g/mol. The van der Waals surface area contributed by atoms with Crippen LogP contribution >= 0.6 is 0 Å². The number of nitrogens with zero attached hydrogens (tertiary/aromatic N) is 4. The SMILES string of the molecule is CN(CCF)C(=O)N1CC=C(c2ccc(NC(=O)N3Cc4cc(F)cnc4C3)cc2)CC1. The molecule has 2 aliphatic heterocycles. The summed E-state index contributed by atoms with van der Waals surface area (Å²) in [5, 5.41) is 2.87. The highest BCUT2D eigenvalue weighted by molar-refractivity contribution is 5.90. The molecule has 1 aromatic heterocycles. The number of hydrogen-bond donors (Lipinski definition) is 1. The van der Waals surface area contributed by atoms with E-state index in [0.29, 0.717) is 44.0 Å². The van der Waals surface area contributed by atoms with Crippen molar-refractivity contribution >= 4 is 23.3 Å². The Labute approximate surface area is 185 Å². The summed E-state index contributed by atoms with van der Waals surface area (Å²) < 4.78 is 25.8. The third kappa shape index (κ3) is 4.71. The van der Waals surface area contributed by atoms with Gasteiger partial charge in [-0.2, -0.15) is 0 Å². The zero-order valence-electron chi connectivity index (χ0n) is 17.9. The van der Waals surface area contributed by atoms with Crippen LogP contribution in [-0.4, -0.2) is 65.1 Å². The van der Waals surface area contributed by atoms with Gasteiger partial charge in [-0.25, -0.2) is 18.4 Å². The smallest absolute Gasteiger partial charge is 0.322 e. The quantitative estimate of drug-likeness (QED) is 0.783. The summed E-state index contributed by atoms with van der Waals surface area (Å²) >= 11 is 0. The number of pyridine rings is 1. The van der Waals surface area contributed by atoms with Gasteiger partial charge in [0.25, 0.3) is 0 Å². The fraction of sp³-hybridized carbons (Fsp3) is 0.348. The second-order valence-corrected chi connectivity index (χ2v) is 7.94. The van der Waals surface area contributed by atoms with E-state index >= 15 is 0 Å². The molecule has 2 aliphatic rings. The number of urea groups is 2. The van der Waals surface area contributed by atoms with Crippen molar-refractivity contribution in [2.24, 2.45) is 0 Å². The van der Waals surface area contributed by atoms with Gasteiger partial charge in [-0.15, -0.1) is 0 Å².